The molecule has 1 fully saturated rings. The van der Waals surface area contributed by atoms with E-state index in [0.29, 0.717) is 63.8 Å². The molecule has 6 aliphatic rings. The first kappa shape index (κ1) is 36.6. The van der Waals surface area contributed by atoms with E-state index in [4.69, 9.17) is 28.4 Å². The van der Waals surface area contributed by atoms with Crippen LogP contribution in [-0.4, -0.2) is 103 Å². The number of esters is 2. The number of hydrogen-bond acceptors (Lipinski definition) is 15. The van der Waals surface area contributed by atoms with Gasteiger partial charge in [-0.25, -0.2) is 4.79 Å². The van der Waals surface area contributed by atoms with Crippen molar-refractivity contribution in [3.8, 4) is 40.2 Å². The fourth-order valence-electron chi connectivity index (χ4n) is 9.37. The number of thioether (sulfide) groups is 1. The lowest BCUT2D eigenvalue weighted by molar-refractivity contribution is -0.158. The molecule has 0 radical (unpaired) electrons. The molecule has 9 rings (SSSR count). The van der Waals surface area contributed by atoms with Gasteiger partial charge in [0.1, 0.15) is 18.6 Å². The van der Waals surface area contributed by atoms with Crippen molar-refractivity contribution in [3.05, 3.63) is 62.7 Å². The summed E-state index contributed by atoms with van der Waals surface area (Å²) in [6, 6.07) is 3.27. The molecular weight excluding hydrogens is 719 g/mol. The number of rotatable bonds is 4. The van der Waals surface area contributed by atoms with Crippen molar-refractivity contribution in [1.29, 1.82) is 0 Å². The van der Waals surface area contributed by atoms with Crippen LogP contribution in [-0.2, 0) is 32.7 Å². The summed E-state index contributed by atoms with van der Waals surface area (Å²) in [6.07, 6.45) is -0.407. The van der Waals surface area contributed by atoms with Crippen LogP contribution < -0.4 is 29.0 Å². The molecular formula is C39H45N3O11S. The topological polar surface area (TPSA) is 169 Å². The van der Waals surface area contributed by atoms with Gasteiger partial charge in [-0.1, -0.05) is 6.07 Å². The van der Waals surface area contributed by atoms with Gasteiger partial charge in [0.05, 0.1) is 31.6 Å². The Hall–Kier alpha value is -4.41. The Morgan fingerprint density at radius 2 is 1.78 bits per heavy atom. The second-order valence-corrected chi connectivity index (χ2v) is 15.9. The number of nitrogens with zero attached hydrogens (tertiary/aromatic N) is 2. The van der Waals surface area contributed by atoms with E-state index in [1.54, 1.807) is 12.1 Å². The van der Waals surface area contributed by atoms with Gasteiger partial charge in [0.25, 0.3) is 0 Å². The van der Waals surface area contributed by atoms with E-state index in [9.17, 15) is 24.9 Å². The van der Waals surface area contributed by atoms with Crippen LogP contribution >= 0.6 is 11.8 Å². The zero-order valence-corrected chi connectivity index (χ0v) is 32.1. The highest BCUT2D eigenvalue weighted by molar-refractivity contribution is 7.99. The molecule has 15 heteroatoms. The monoisotopic (exact) mass is 763 g/mol. The number of aliphatic hydroxyl groups excluding tert-OH is 1. The fourth-order valence-corrected chi connectivity index (χ4v) is 11.1. The molecule has 6 atom stereocenters. The first-order valence-corrected chi connectivity index (χ1v) is 19.0. The molecule has 6 aliphatic heterocycles. The smallest absolute Gasteiger partial charge is 0.331 e. The molecule has 2 bridgehead atoms. The van der Waals surface area contributed by atoms with Gasteiger partial charge in [-0.2, -0.15) is 0 Å². The van der Waals surface area contributed by atoms with Crippen LogP contribution in [0.3, 0.4) is 0 Å². The zero-order valence-electron chi connectivity index (χ0n) is 31.3. The third-order valence-corrected chi connectivity index (χ3v) is 13.0. The van der Waals surface area contributed by atoms with Crippen molar-refractivity contribution < 1.29 is 53.3 Å². The number of carbonyl (C=O) groups excluding carboxylic acids is 2. The summed E-state index contributed by atoms with van der Waals surface area (Å²) in [5.74, 6) is 0.776. The molecule has 0 saturated carbocycles. The van der Waals surface area contributed by atoms with E-state index in [-0.39, 0.29) is 42.8 Å². The number of fused-ring (bicyclic) bond motifs is 6. The summed E-state index contributed by atoms with van der Waals surface area (Å²) < 4.78 is 35.9. The maximum Gasteiger partial charge on any atom is 0.331 e. The quantitative estimate of drug-likeness (QED) is 0.224. The molecule has 3 aromatic carbocycles. The predicted octanol–water partition coefficient (Wildman–Crippen LogP) is 3.66. The minimum atomic E-state index is -1.37. The van der Waals surface area contributed by atoms with E-state index in [0.717, 1.165) is 16.7 Å². The molecule has 6 heterocycles. The molecule has 1 unspecified atom stereocenters. The van der Waals surface area contributed by atoms with Gasteiger partial charge in [-0.3, -0.25) is 15.0 Å². The Bertz CT molecular complexity index is 2070. The van der Waals surface area contributed by atoms with Crippen LogP contribution in [0.25, 0.3) is 0 Å². The second kappa shape index (κ2) is 13.4. The molecule has 1 saturated heterocycles. The van der Waals surface area contributed by atoms with E-state index < -0.39 is 47.1 Å². The first-order chi connectivity index (χ1) is 25.8. The number of aryl methyl sites for hydroxylation is 1. The number of phenolic OH excluding ortho intramolecular Hbond substituents is 2. The number of benzene rings is 3. The third kappa shape index (κ3) is 5.30. The predicted molar refractivity (Wildman–Crippen MR) is 197 cm³/mol. The maximum atomic E-state index is 14.7. The van der Waals surface area contributed by atoms with Gasteiger partial charge in [-0.05, 0) is 68.8 Å². The minimum Gasteiger partial charge on any atom is -0.504 e. The second-order valence-electron chi connectivity index (χ2n) is 14.7. The number of aromatic hydroxyl groups is 2. The summed E-state index contributed by atoms with van der Waals surface area (Å²) >= 11 is 1.45. The number of hydrogen-bond donors (Lipinski definition) is 4. The standard InChI is InChI=1S/C39H45N3O11S/c1-17-10-21-12-26(45)42-23-14-50-38(47)39(22-13-25(48-6)24(44)11-20(22)8-9-40-39)15-54-37(31(42)30(41(4)5)27(21)32(46)33(17)49-7)29-28(23)36-35(51-16-52-36)18(2)34(29)53-19(3)43/h10-11,13,23,26,30-31,37,40,44-46H,8-9,12,14-16H2,1-7H3/t23-,26-,30-,31?,37-,39+/m0/s1. The Morgan fingerprint density at radius 3 is 2.48 bits per heavy atom. The van der Waals surface area contributed by atoms with Crippen LogP contribution in [0.5, 0.6) is 40.2 Å². The van der Waals surface area contributed by atoms with Crippen LogP contribution in [0.4, 0.5) is 0 Å². The Labute approximate surface area is 317 Å². The van der Waals surface area contributed by atoms with E-state index >= 15 is 0 Å². The third-order valence-electron chi connectivity index (χ3n) is 11.5. The van der Waals surface area contributed by atoms with Crippen molar-refractivity contribution in [2.45, 2.75) is 68.8 Å². The van der Waals surface area contributed by atoms with Crippen molar-refractivity contribution in [1.82, 2.24) is 15.1 Å². The van der Waals surface area contributed by atoms with Crippen LogP contribution in [0.1, 0.15) is 68.8 Å². The number of carbonyl (C=O) groups is 2. The van der Waals surface area contributed by atoms with E-state index in [2.05, 4.69) is 5.32 Å². The summed E-state index contributed by atoms with van der Waals surface area (Å²) in [5, 5.41) is 38.1. The van der Waals surface area contributed by atoms with Gasteiger partial charge in [0.2, 0.25) is 6.79 Å². The maximum absolute atomic E-state index is 14.7. The fraction of sp³-hybridized carbons (Fsp3) is 0.487. The summed E-state index contributed by atoms with van der Waals surface area (Å²) in [7, 11) is 6.82. The molecule has 14 nitrogen and oxygen atoms in total. The molecule has 0 amide bonds. The van der Waals surface area contributed by atoms with Gasteiger partial charge in [-0.15, -0.1) is 11.8 Å². The molecule has 4 N–H and O–H groups in total. The van der Waals surface area contributed by atoms with Gasteiger partial charge in [0.15, 0.2) is 40.0 Å². The van der Waals surface area contributed by atoms with Gasteiger partial charge in [0, 0.05) is 53.9 Å². The summed E-state index contributed by atoms with van der Waals surface area (Å²) in [6.45, 7) is 5.17. The van der Waals surface area contributed by atoms with Crippen LogP contribution in [0, 0.1) is 13.8 Å². The number of ether oxygens (including phenoxy) is 6. The SMILES string of the molecule is COc1cc2c(cc1O)CCN[C@]21CS[C@H]2c3c(OC(C)=O)c(C)c4c(c3[C@H](COC1=O)N1C2[C@@H](N(C)C)c2c(cc(C)c(OC)c2O)C[C@@H]1O)OCO4. The molecule has 54 heavy (non-hydrogen) atoms. The normalized spacial score (nSPS) is 27.0. The number of likely N-dealkylation sites (N-methyl/N-ethyl adjacent to an activating group) is 1. The molecule has 288 valence electrons. The highest BCUT2D eigenvalue weighted by atomic mass is 32.2. The molecule has 0 aromatic heterocycles. The lowest BCUT2D eigenvalue weighted by Crippen LogP contribution is -2.60. The lowest BCUT2D eigenvalue weighted by atomic mass is 9.80. The highest BCUT2D eigenvalue weighted by Gasteiger charge is 2.57. The Balaban J connectivity index is 1.43. The number of nitrogens with one attached hydrogen (secondary N) is 1. The van der Waals surface area contributed by atoms with Gasteiger partial charge < -0.3 is 48.6 Å². The van der Waals surface area contributed by atoms with Crippen molar-refractivity contribution >= 4 is 23.7 Å². The number of phenols is 2. The van der Waals surface area contributed by atoms with Crippen molar-refractivity contribution in [2.24, 2.45) is 0 Å². The molecule has 1 spiro atoms. The van der Waals surface area contributed by atoms with Crippen molar-refractivity contribution in [3.63, 3.8) is 0 Å². The first-order valence-electron chi connectivity index (χ1n) is 17.9. The van der Waals surface area contributed by atoms with Crippen LogP contribution in [0.15, 0.2) is 18.2 Å². The average Bonchev–Trinajstić information content (AvgIpc) is 3.57. The Kier molecular flexibility index (Phi) is 9.08. The van der Waals surface area contributed by atoms with Crippen LogP contribution in [0.2, 0.25) is 0 Å². The molecule has 3 aromatic rings. The molecule has 0 aliphatic carbocycles. The van der Waals surface area contributed by atoms with Gasteiger partial charge >= 0.3 is 11.9 Å². The largest absolute Gasteiger partial charge is 0.504 e. The average molecular weight is 764 g/mol. The highest BCUT2D eigenvalue weighted by Crippen LogP contribution is 2.63. The van der Waals surface area contributed by atoms with E-state index in [1.165, 1.54) is 32.9 Å². The lowest BCUT2D eigenvalue weighted by Gasteiger charge is -2.53. The zero-order chi connectivity index (χ0) is 38.4. The van der Waals surface area contributed by atoms with Crippen molar-refractivity contribution in [2.75, 3.05) is 54.0 Å². The minimum absolute atomic E-state index is 0.0156. The Morgan fingerprint density at radius 1 is 1.02 bits per heavy atom. The summed E-state index contributed by atoms with van der Waals surface area (Å²) in [4.78, 5) is 31.6. The van der Waals surface area contributed by atoms with E-state index in [1.807, 2.05) is 43.8 Å². The number of methoxy groups -OCH3 is 2. The summed E-state index contributed by atoms with van der Waals surface area (Å²) in [5.41, 5.74) is 3.97. The number of aliphatic hydroxyl groups is 1.